The zero-order valence-electron chi connectivity index (χ0n) is 9.29. The standard InChI is InChI=1S/C13H16Cl2O/c1-9(10-2-3-10)13(16,8-14)11-4-6-12(15)7-5-11/h4-7,9-10,16H,2-3,8H2,1H3. The van der Waals surface area contributed by atoms with Crippen molar-refractivity contribution in [2.24, 2.45) is 11.8 Å². The van der Waals surface area contributed by atoms with Gasteiger partial charge in [0.2, 0.25) is 0 Å². The lowest BCUT2D eigenvalue weighted by Gasteiger charge is -2.33. The van der Waals surface area contributed by atoms with Crippen LogP contribution in [0.15, 0.2) is 24.3 Å². The molecule has 2 rings (SSSR count). The topological polar surface area (TPSA) is 20.2 Å². The molecule has 0 bridgehead atoms. The molecule has 0 amide bonds. The fourth-order valence-electron chi connectivity index (χ4n) is 2.19. The van der Waals surface area contributed by atoms with Crippen LogP contribution < -0.4 is 0 Å². The Bertz CT molecular complexity index is 359. The number of aliphatic hydroxyl groups is 1. The molecular weight excluding hydrogens is 243 g/mol. The summed E-state index contributed by atoms with van der Waals surface area (Å²) in [6.07, 6.45) is 2.40. The molecule has 1 aromatic rings. The Hall–Kier alpha value is -0.240. The van der Waals surface area contributed by atoms with Crippen LogP contribution in [0.25, 0.3) is 0 Å². The van der Waals surface area contributed by atoms with Crippen LogP contribution in [0.3, 0.4) is 0 Å². The lowest BCUT2D eigenvalue weighted by atomic mass is 9.81. The van der Waals surface area contributed by atoms with Crippen molar-refractivity contribution in [1.29, 1.82) is 0 Å². The van der Waals surface area contributed by atoms with Crippen molar-refractivity contribution in [2.45, 2.75) is 25.4 Å². The molecule has 0 aromatic heterocycles. The van der Waals surface area contributed by atoms with E-state index in [1.54, 1.807) is 12.1 Å². The number of alkyl halides is 1. The zero-order valence-corrected chi connectivity index (χ0v) is 10.8. The van der Waals surface area contributed by atoms with Crippen molar-refractivity contribution < 1.29 is 5.11 Å². The Kier molecular flexibility index (Phi) is 3.48. The highest BCUT2D eigenvalue weighted by Gasteiger charge is 2.43. The van der Waals surface area contributed by atoms with Crippen LogP contribution in [0.2, 0.25) is 5.02 Å². The summed E-state index contributed by atoms with van der Waals surface area (Å²) in [5.74, 6) is 1.04. The molecule has 1 aliphatic carbocycles. The van der Waals surface area contributed by atoms with Crippen LogP contribution >= 0.6 is 23.2 Å². The molecule has 0 spiro atoms. The smallest absolute Gasteiger partial charge is 0.106 e. The van der Waals surface area contributed by atoms with Crippen molar-refractivity contribution in [3.63, 3.8) is 0 Å². The fourth-order valence-corrected chi connectivity index (χ4v) is 2.71. The van der Waals surface area contributed by atoms with Gasteiger partial charge in [-0.25, -0.2) is 0 Å². The predicted octanol–water partition coefficient (Wildman–Crippen LogP) is 3.81. The summed E-state index contributed by atoms with van der Waals surface area (Å²) in [6, 6.07) is 7.33. The highest BCUT2D eigenvalue weighted by molar-refractivity contribution is 6.30. The van der Waals surface area contributed by atoms with E-state index in [2.05, 4.69) is 6.92 Å². The summed E-state index contributed by atoms with van der Waals surface area (Å²) in [7, 11) is 0. The third kappa shape index (κ3) is 2.22. The van der Waals surface area contributed by atoms with Crippen LogP contribution in [0.4, 0.5) is 0 Å². The third-order valence-electron chi connectivity index (χ3n) is 3.63. The fraction of sp³-hybridized carbons (Fsp3) is 0.538. The first-order chi connectivity index (χ1) is 7.58. The van der Waals surface area contributed by atoms with E-state index in [4.69, 9.17) is 23.2 Å². The van der Waals surface area contributed by atoms with Crippen LogP contribution in [0.5, 0.6) is 0 Å². The quantitative estimate of drug-likeness (QED) is 0.815. The molecule has 1 saturated carbocycles. The summed E-state index contributed by atoms with van der Waals surface area (Å²) < 4.78 is 0. The Balaban J connectivity index is 2.28. The molecule has 3 heteroatoms. The lowest BCUT2D eigenvalue weighted by molar-refractivity contribution is -0.00412. The number of hydrogen-bond donors (Lipinski definition) is 1. The van der Waals surface area contributed by atoms with Gasteiger partial charge in [-0.2, -0.15) is 0 Å². The first-order valence-corrected chi connectivity index (χ1v) is 6.53. The van der Waals surface area contributed by atoms with E-state index < -0.39 is 5.60 Å². The summed E-state index contributed by atoms with van der Waals surface area (Å²) in [6.45, 7) is 2.08. The normalized spacial score (nSPS) is 21.5. The Labute approximate surface area is 106 Å². The van der Waals surface area contributed by atoms with Gasteiger partial charge in [-0.05, 0) is 42.4 Å². The third-order valence-corrected chi connectivity index (χ3v) is 4.29. The minimum atomic E-state index is -0.923. The molecule has 2 unspecified atom stereocenters. The molecule has 0 heterocycles. The molecule has 0 radical (unpaired) electrons. The summed E-state index contributed by atoms with van der Waals surface area (Å²) >= 11 is 11.8. The van der Waals surface area contributed by atoms with Crippen LogP contribution in [0.1, 0.15) is 25.3 Å². The number of hydrogen-bond acceptors (Lipinski definition) is 1. The van der Waals surface area contributed by atoms with Gasteiger partial charge in [0.15, 0.2) is 0 Å². The van der Waals surface area contributed by atoms with Gasteiger partial charge in [0.05, 0.1) is 5.88 Å². The summed E-state index contributed by atoms with van der Waals surface area (Å²) in [5.41, 5.74) is -0.0564. The molecule has 1 fully saturated rings. The number of halogens is 2. The Morgan fingerprint density at radius 1 is 1.38 bits per heavy atom. The zero-order chi connectivity index (χ0) is 11.8. The van der Waals surface area contributed by atoms with Gasteiger partial charge in [-0.3, -0.25) is 0 Å². The summed E-state index contributed by atoms with van der Waals surface area (Å²) in [4.78, 5) is 0. The van der Waals surface area contributed by atoms with E-state index in [-0.39, 0.29) is 11.8 Å². The van der Waals surface area contributed by atoms with Crippen molar-refractivity contribution in [1.82, 2.24) is 0 Å². The monoisotopic (exact) mass is 258 g/mol. The Morgan fingerprint density at radius 2 is 1.94 bits per heavy atom. The number of benzene rings is 1. The molecule has 0 aliphatic heterocycles. The van der Waals surface area contributed by atoms with Gasteiger partial charge in [0.1, 0.15) is 5.60 Å². The molecule has 2 atom stereocenters. The maximum absolute atomic E-state index is 10.7. The van der Waals surface area contributed by atoms with Gasteiger partial charge < -0.3 is 5.11 Å². The Morgan fingerprint density at radius 3 is 2.38 bits per heavy atom. The van der Waals surface area contributed by atoms with Crippen molar-refractivity contribution in [3.8, 4) is 0 Å². The number of rotatable bonds is 4. The average molecular weight is 259 g/mol. The maximum Gasteiger partial charge on any atom is 0.106 e. The van der Waals surface area contributed by atoms with Gasteiger partial charge in [-0.1, -0.05) is 30.7 Å². The van der Waals surface area contributed by atoms with E-state index >= 15 is 0 Å². The van der Waals surface area contributed by atoms with Crippen LogP contribution in [0, 0.1) is 11.8 Å². The van der Waals surface area contributed by atoms with Crippen molar-refractivity contribution in [3.05, 3.63) is 34.9 Å². The first kappa shape index (κ1) is 12.2. The van der Waals surface area contributed by atoms with E-state index in [0.29, 0.717) is 10.9 Å². The molecule has 1 nitrogen and oxygen atoms in total. The van der Waals surface area contributed by atoms with Crippen molar-refractivity contribution >= 4 is 23.2 Å². The predicted molar refractivity (Wildman–Crippen MR) is 68.0 cm³/mol. The molecule has 1 aromatic carbocycles. The van der Waals surface area contributed by atoms with Gasteiger partial charge in [0, 0.05) is 5.02 Å². The minimum Gasteiger partial charge on any atom is -0.384 e. The first-order valence-electron chi connectivity index (χ1n) is 5.62. The maximum atomic E-state index is 10.7. The molecule has 1 aliphatic rings. The molecule has 88 valence electrons. The van der Waals surface area contributed by atoms with E-state index in [1.165, 1.54) is 12.8 Å². The minimum absolute atomic E-state index is 0.200. The molecule has 1 N–H and O–H groups in total. The molecule has 0 saturated heterocycles. The van der Waals surface area contributed by atoms with Gasteiger partial charge >= 0.3 is 0 Å². The second-order valence-electron chi connectivity index (χ2n) is 4.69. The molecule has 16 heavy (non-hydrogen) atoms. The largest absolute Gasteiger partial charge is 0.384 e. The summed E-state index contributed by atoms with van der Waals surface area (Å²) in [5, 5.41) is 11.4. The van der Waals surface area contributed by atoms with E-state index in [0.717, 1.165) is 5.56 Å². The average Bonchev–Trinajstić information content (AvgIpc) is 3.12. The van der Waals surface area contributed by atoms with Crippen LogP contribution in [-0.4, -0.2) is 11.0 Å². The van der Waals surface area contributed by atoms with Crippen molar-refractivity contribution in [2.75, 3.05) is 5.88 Å². The highest BCUT2D eigenvalue weighted by atomic mass is 35.5. The van der Waals surface area contributed by atoms with E-state index in [9.17, 15) is 5.11 Å². The lowest BCUT2D eigenvalue weighted by Crippen LogP contribution is -2.36. The second kappa shape index (κ2) is 4.56. The SMILES string of the molecule is CC(C1CC1)C(O)(CCl)c1ccc(Cl)cc1. The van der Waals surface area contributed by atoms with Gasteiger partial charge in [-0.15, -0.1) is 11.6 Å². The highest BCUT2D eigenvalue weighted by Crippen LogP contribution is 2.46. The van der Waals surface area contributed by atoms with Crippen LogP contribution in [-0.2, 0) is 5.60 Å². The van der Waals surface area contributed by atoms with E-state index in [1.807, 2.05) is 12.1 Å². The molecular formula is C13H16Cl2O. The van der Waals surface area contributed by atoms with Gasteiger partial charge in [0.25, 0.3) is 0 Å². The second-order valence-corrected chi connectivity index (χ2v) is 5.39.